The van der Waals surface area contributed by atoms with Crippen LogP contribution in [0.25, 0.3) is 0 Å². The Balaban J connectivity index is 0.00000280. The molecule has 1 aliphatic carbocycles. The maximum atomic E-state index is 11.7. The molecule has 2 aromatic carbocycles. The molecule has 0 atom stereocenters. The fraction of sp³-hybridized carbons (Fsp3) is 0.316. The van der Waals surface area contributed by atoms with Crippen molar-refractivity contribution in [1.82, 2.24) is 0 Å². The third-order valence-corrected chi connectivity index (χ3v) is 5.56. The highest BCUT2D eigenvalue weighted by Crippen LogP contribution is 2.28. The number of nitrogens with one attached hydrogen (secondary N) is 1. The van der Waals surface area contributed by atoms with E-state index >= 15 is 0 Å². The molecular weight excluding hydrogens is 491 g/mol. The average Bonchev–Trinajstić information content (AvgIpc) is 2.66. The molecule has 5 N–H and O–H groups in total. The van der Waals surface area contributed by atoms with Crippen LogP contribution in [0.3, 0.4) is 0 Å². The molecule has 0 heterocycles. The summed E-state index contributed by atoms with van der Waals surface area (Å²) in [5.41, 5.74) is 10.3. The first kappa shape index (κ1) is 22.4. The molecule has 0 saturated heterocycles. The summed E-state index contributed by atoms with van der Waals surface area (Å²) < 4.78 is 28.5. The Morgan fingerprint density at radius 2 is 1.96 bits per heavy atom. The van der Waals surface area contributed by atoms with Gasteiger partial charge >= 0.3 is 0 Å². The van der Waals surface area contributed by atoms with Crippen LogP contribution < -0.4 is 20.9 Å². The Hall–Kier alpha value is -1.85. The molecule has 7 nitrogen and oxygen atoms in total. The number of ether oxygens (including phenoxy) is 1. The summed E-state index contributed by atoms with van der Waals surface area (Å²) in [7, 11) is -2.49. The van der Waals surface area contributed by atoms with Gasteiger partial charge < -0.3 is 15.8 Å². The maximum Gasteiger partial charge on any atom is 0.241 e. The molecule has 0 bridgehead atoms. The van der Waals surface area contributed by atoms with Crippen LogP contribution in [0, 0.1) is 0 Å². The van der Waals surface area contributed by atoms with Gasteiger partial charge in [0.15, 0.2) is 5.96 Å². The van der Waals surface area contributed by atoms with Gasteiger partial charge in [0, 0.05) is 5.69 Å². The monoisotopic (exact) mass is 516 g/mol. The van der Waals surface area contributed by atoms with Crippen molar-refractivity contribution in [3.8, 4) is 5.75 Å². The Kier molecular flexibility index (Phi) is 7.67. The third kappa shape index (κ3) is 5.36. The lowest BCUT2D eigenvalue weighted by atomic mass is 9.90. The number of nitrogens with two attached hydrogens (primary N) is 2. The highest BCUT2D eigenvalue weighted by molar-refractivity contribution is 14.0. The molecule has 0 unspecified atom stereocenters. The second-order valence-corrected chi connectivity index (χ2v) is 8.04. The predicted molar refractivity (Wildman–Crippen MR) is 122 cm³/mol. The molecule has 152 valence electrons. The molecule has 0 aromatic heterocycles. The van der Waals surface area contributed by atoms with Crippen LogP contribution in [-0.4, -0.2) is 21.5 Å². The number of anilines is 1. The van der Waals surface area contributed by atoms with Crippen molar-refractivity contribution in [2.75, 3.05) is 12.4 Å². The number of sulfonamides is 1. The summed E-state index contributed by atoms with van der Waals surface area (Å²) >= 11 is 0. The van der Waals surface area contributed by atoms with Gasteiger partial charge in [0.1, 0.15) is 10.6 Å². The zero-order chi connectivity index (χ0) is 19.4. The van der Waals surface area contributed by atoms with E-state index in [1.165, 1.54) is 37.1 Å². The molecule has 3 rings (SSSR count). The third-order valence-electron chi connectivity index (χ3n) is 4.63. The van der Waals surface area contributed by atoms with E-state index in [1.54, 1.807) is 12.1 Å². The number of benzene rings is 2. The van der Waals surface area contributed by atoms with E-state index in [1.807, 2.05) is 12.1 Å². The lowest BCUT2D eigenvalue weighted by molar-refractivity contribution is 0.402. The molecule has 0 aliphatic heterocycles. The first-order valence-corrected chi connectivity index (χ1v) is 10.3. The summed E-state index contributed by atoms with van der Waals surface area (Å²) in [6, 6.07) is 10.9. The molecule has 1 aliphatic rings. The predicted octanol–water partition coefficient (Wildman–Crippen LogP) is 2.77. The first-order chi connectivity index (χ1) is 12.9. The fourth-order valence-electron chi connectivity index (χ4n) is 3.29. The van der Waals surface area contributed by atoms with Gasteiger partial charge in [-0.1, -0.05) is 18.2 Å². The molecule has 0 radical (unpaired) electrons. The van der Waals surface area contributed by atoms with Crippen molar-refractivity contribution in [3.05, 3.63) is 53.1 Å². The van der Waals surface area contributed by atoms with E-state index in [4.69, 9.17) is 15.6 Å². The Labute approximate surface area is 182 Å². The van der Waals surface area contributed by atoms with Crippen molar-refractivity contribution >= 4 is 45.6 Å². The molecule has 0 amide bonds. The van der Waals surface area contributed by atoms with Crippen LogP contribution in [0.1, 0.15) is 29.5 Å². The second-order valence-electron chi connectivity index (χ2n) is 6.51. The minimum Gasteiger partial charge on any atom is -0.495 e. The summed E-state index contributed by atoms with van der Waals surface area (Å²) in [6.07, 6.45) is 4.50. The number of primary sulfonamides is 1. The summed E-state index contributed by atoms with van der Waals surface area (Å²) in [5.74, 6) is 0.481. The van der Waals surface area contributed by atoms with E-state index in [0.717, 1.165) is 18.5 Å². The van der Waals surface area contributed by atoms with Crippen molar-refractivity contribution in [3.63, 3.8) is 0 Å². The maximum absolute atomic E-state index is 11.7. The van der Waals surface area contributed by atoms with Crippen LogP contribution in [-0.2, 0) is 29.4 Å². The van der Waals surface area contributed by atoms with Crippen LogP contribution in [0.5, 0.6) is 5.75 Å². The van der Waals surface area contributed by atoms with E-state index in [0.29, 0.717) is 5.56 Å². The van der Waals surface area contributed by atoms with Crippen LogP contribution in [0.15, 0.2) is 46.3 Å². The molecule has 0 fully saturated rings. The number of aliphatic imine (C=N–C) groups is 1. The molecule has 28 heavy (non-hydrogen) atoms. The average molecular weight is 516 g/mol. The molecule has 9 heteroatoms. The van der Waals surface area contributed by atoms with Crippen molar-refractivity contribution < 1.29 is 13.2 Å². The zero-order valence-electron chi connectivity index (χ0n) is 15.6. The number of hydrogen-bond donors (Lipinski definition) is 3. The highest BCUT2D eigenvalue weighted by Gasteiger charge is 2.16. The fourth-order valence-corrected chi connectivity index (χ4v) is 4.04. The van der Waals surface area contributed by atoms with E-state index in [2.05, 4.69) is 16.4 Å². The van der Waals surface area contributed by atoms with Gasteiger partial charge in [-0.25, -0.2) is 18.5 Å². The summed E-state index contributed by atoms with van der Waals surface area (Å²) in [5, 5.41) is 8.41. The van der Waals surface area contributed by atoms with Crippen molar-refractivity contribution in [2.45, 2.75) is 37.1 Å². The number of rotatable bonds is 5. The van der Waals surface area contributed by atoms with E-state index < -0.39 is 10.0 Å². The second kappa shape index (κ2) is 9.57. The first-order valence-electron chi connectivity index (χ1n) is 8.76. The van der Waals surface area contributed by atoms with Gasteiger partial charge in [-0.3, -0.25) is 0 Å². The van der Waals surface area contributed by atoms with Gasteiger partial charge in [-0.2, -0.15) is 0 Å². The van der Waals surface area contributed by atoms with Crippen LogP contribution in [0.2, 0.25) is 0 Å². The number of guanidine groups is 1. The molecular formula is C19H25IN4O3S. The van der Waals surface area contributed by atoms with Crippen molar-refractivity contribution in [2.24, 2.45) is 15.9 Å². The minimum atomic E-state index is -3.89. The van der Waals surface area contributed by atoms with Gasteiger partial charge in [0.25, 0.3) is 0 Å². The highest BCUT2D eigenvalue weighted by atomic mass is 127. The molecule has 2 aromatic rings. The topological polar surface area (TPSA) is 120 Å². The van der Waals surface area contributed by atoms with Gasteiger partial charge in [0.05, 0.1) is 13.7 Å². The number of nitrogens with zero attached hydrogens (tertiary/aromatic N) is 1. The number of methoxy groups -OCH3 is 1. The van der Waals surface area contributed by atoms with Crippen LogP contribution in [0.4, 0.5) is 5.69 Å². The number of aryl methyl sites for hydroxylation is 1. The standard InChI is InChI=1S/C19H24N4O3S.HI/c1-26-17-10-9-13(11-18(17)27(21,24)25)12-22-19(20)23-16-8-4-6-14-5-2-3-7-15(14)16;/h4,6,8-11H,2-3,5,7,12H2,1H3,(H3,20,22,23)(H2,21,24,25);1H. The largest absolute Gasteiger partial charge is 0.495 e. The van der Waals surface area contributed by atoms with Crippen LogP contribution >= 0.6 is 24.0 Å². The van der Waals surface area contributed by atoms with Crippen molar-refractivity contribution in [1.29, 1.82) is 0 Å². The smallest absolute Gasteiger partial charge is 0.241 e. The minimum absolute atomic E-state index is 0. The van der Waals surface area contributed by atoms with E-state index in [9.17, 15) is 8.42 Å². The summed E-state index contributed by atoms with van der Waals surface area (Å²) in [6.45, 7) is 0.223. The molecule has 0 saturated carbocycles. The lowest BCUT2D eigenvalue weighted by Crippen LogP contribution is -2.24. The van der Waals surface area contributed by atoms with Gasteiger partial charge in [0.2, 0.25) is 10.0 Å². The Morgan fingerprint density at radius 1 is 1.21 bits per heavy atom. The number of fused-ring (bicyclic) bond motifs is 1. The number of halogens is 1. The summed E-state index contributed by atoms with van der Waals surface area (Å²) in [4.78, 5) is 4.26. The quantitative estimate of drug-likeness (QED) is 0.321. The van der Waals surface area contributed by atoms with Gasteiger partial charge in [-0.15, -0.1) is 24.0 Å². The van der Waals surface area contributed by atoms with E-state index in [-0.39, 0.29) is 47.1 Å². The lowest BCUT2D eigenvalue weighted by Gasteiger charge is -2.19. The number of hydrogen-bond acceptors (Lipinski definition) is 4. The zero-order valence-corrected chi connectivity index (χ0v) is 18.8. The normalized spacial score (nSPS) is 14.0. The Bertz CT molecular complexity index is 977. The van der Waals surface area contributed by atoms with Gasteiger partial charge in [-0.05, 0) is 60.6 Å². The molecule has 0 spiro atoms. The SMILES string of the molecule is COc1ccc(CN=C(N)Nc2cccc3c2CCCC3)cc1S(N)(=O)=O.I. The Morgan fingerprint density at radius 3 is 2.68 bits per heavy atom.